The molecule has 88 valence electrons. The van der Waals surface area contributed by atoms with E-state index in [2.05, 4.69) is 29.0 Å². The first-order valence-electron chi connectivity index (χ1n) is 5.82. The molecule has 2 heterocycles. The number of nitrogens with zero attached hydrogens (tertiary/aromatic N) is 2. The molecule has 0 unspecified atom stereocenters. The van der Waals surface area contributed by atoms with Crippen LogP contribution in [-0.4, -0.2) is 9.97 Å². The molecule has 1 aromatic carbocycles. The van der Waals surface area contributed by atoms with Gasteiger partial charge < -0.3 is 5.73 Å². The number of aromatic nitrogens is 2. The zero-order valence-electron chi connectivity index (χ0n) is 10.1. The summed E-state index contributed by atoms with van der Waals surface area (Å²) in [5.74, 6) is 0. The molecular weight excluding hydrogens is 222 g/mol. The van der Waals surface area contributed by atoms with Crippen molar-refractivity contribution < 1.29 is 0 Å². The van der Waals surface area contributed by atoms with Gasteiger partial charge in [0.15, 0.2) is 0 Å². The summed E-state index contributed by atoms with van der Waals surface area (Å²) in [6.45, 7) is 2.07. The number of nitrogens with two attached hydrogens (primary N) is 1. The maximum Gasteiger partial charge on any atom is 0.0761 e. The quantitative estimate of drug-likeness (QED) is 0.704. The molecule has 0 radical (unpaired) electrons. The van der Waals surface area contributed by atoms with Crippen LogP contribution in [0.4, 0.5) is 5.69 Å². The highest BCUT2D eigenvalue weighted by molar-refractivity contribution is 5.92. The zero-order chi connectivity index (χ0) is 12.5. The third-order valence-electron chi connectivity index (χ3n) is 3.06. The Kier molecular flexibility index (Phi) is 2.45. The number of hydrogen-bond donors (Lipinski definition) is 1. The summed E-state index contributed by atoms with van der Waals surface area (Å²) in [7, 11) is 0. The molecule has 0 aliphatic heterocycles. The molecule has 0 saturated heterocycles. The summed E-state index contributed by atoms with van der Waals surface area (Å²) >= 11 is 0. The lowest BCUT2D eigenvalue weighted by molar-refractivity contribution is 1.32. The van der Waals surface area contributed by atoms with E-state index < -0.39 is 0 Å². The fraction of sp³-hybridized carbons (Fsp3) is 0.0667. The van der Waals surface area contributed by atoms with Crippen molar-refractivity contribution in [3.8, 4) is 11.3 Å². The van der Waals surface area contributed by atoms with Crippen molar-refractivity contribution in [1.29, 1.82) is 0 Å². The van der Waals surface area contributed by atoms with E-state index in [4.69, 9.17) is 5.73 Å². The summed E-state index contributed by atoms with van der Waals surface area (Å²) in [6, 6.07) is 12.0. The molecule has 2 aromatic heterocycles. The van der Waals surface area contributed by atoms with Crippen LogP contribution in [0.5, 0.6) is 0 Å². The molecule has 0 aliphatic rings. The Morgan fingerprint density at radius 1 is 1.11 bits per heavy atom. The van der Waals surface area contributed by atoms with Crippen LogP contribution >= 0.6 is 0 Å². The van der Waals surface area contributed by atoms with Crippen LogP contribution in [0.2, 0.25) is 0 Å². The topological polar surface area (TPSA) is 51.8 Å². The second-order valence-electron chi connectivity index (χ2n) is 4.30. The molecule has 0 saturated carbocycles. The molecule has 18 heavy (non-hydrogen) atoms. The van der Waals surface area contributed by atoms with Crippen molar-refractivity contribution in [2.75, 3.05) is 5.73 Å². The summed E-state index contributed by atoms with van der Waals surface area (Å²) in [5.41, 5.74) is 10.9. The van der Waals surface area contributed by atoms with Crippen molar-refractivity contribution in [1.82, 2.24) is 9.97 Å². The lowest BCUT2D eigenvalue weighted by Crippen LogP contribution is -1.94. The van der Waals surface area contributed by atoms with E-state index in [0.717, 1.165) is 22.2 Å². The number of rotatable bonds is 1. The fourth-order valence-corrected chi connectivity index (χ4v) is 2.09. The van der Waals surface area contributed by atoms with Gasteiger partial charge in [0, 0.05) is 29.0 Å². The normalized spacial score (nSPS) is 10.7. The van der Waals surface area contributed by atoms with Crippen LogP contribution in [0, 0.1) is 6.92 Å². The van der Waals surface area contributed by atoms with Crippen LogP contribution in [0.25, 0.3) is 22.2 Å². The van der Waals surface area contributed by atoms with Gasteiger partial charge in [-0.05, 0) is 24.6 Å². The highest BCUT2D eigenvalue weighted by Gasteiger charge is 2.06. The maximum absolute atomic E-state index is 6.06. The first kappa shape index (κ1) is 10.7. The highest BCUT2D eigenvalue weighted by Crippen LogP contribution is 2.27. The van der Waals surface area contributed by atoms with Gasteiger partial charge in [-0.1, -0.05) is 24.3 Å². The van der Waals surface area contributed by atoms with Crippen molar-refractivity contribution in [2.24, 2.45) is 0 Å². The summed E-state index contributed by atoms with van der Waals surface area (Å²) in [6.07, 6.45) is 3.48. The Morgan fingerprint density at radius 3 is 2.78 bits per heavy atom. The Labute approximate surface area is 105 Å². The number of pyridine rings is 2. The minimum absolute atomic E-state index is 0.714. The number of fused-ring (bicyclic) bond motifs is 1. The first-order chi connectivity index (χ1) is 8.75. The van der Waals surface area contributed by atoms with Crippen LogP contribution in [0.15, 0.2) is 48.8 Å². The lowest BCUT2D eigenvalue weighted by atomic mass is 10.0. The predicted octanol–water partition coefficient (Wildman–Crippen LogP) is 3.19. The minimum atomic E-state index is 0.714. The van der Waals surface area contributed by atoms with Crippen LogP contribution < -0.4 is 5.73 Å². The predicted molar refractivity (Wildman–Crippen MR) is 74.1 cm³/mol. The van der Waals surface area contributed by atoms with Gasteiger partial charge in [-0.2, -0.15) is 0 Å². The molecule has 0 bridgehead atoms. The van der Waals surface area contributed by atoms with E-state index >= 15 is 0 Å². The Hall–Kier alpha value is -2.42. The van der Waals surface area contributed by atoms with Gasteiger partial charge >= 0.3 is 0 Å². The van der Waals surface area contributed by atoms with E-state index in [0.29, 0.717) is 5.69 Å². The maximum atomic E-state index is 6.06. The van der Waals surface area contributed by atoms with Gasteiger partial charge in [0.2, 0.25) is 0 Å². The molecule has 3 heteroatoms. The minimum Gasteiger partial charge on any atom is -0.398 e. The van der Waals surface area contributed by atoms with E-state index in [1.165, 1.54) is 5.56 Å². The fourth-order valence-electron chi connectivity index (χ4n) is 2.09. The molecule has 0 amide bonds. The molecule has 0 spiro atoms. The van der Waals surface area contributed by atoms with E-state index in [1.54, 1.807) is 12.4 Å². The van der Waals surface area contributed by atoms with Gasteiger partial charge in [0.1, 0.15) is 0 Å². The number of nitrogen functional groups attached to an aromatic ring is 1. The van der Waals surface area contributed by atoms with Crippen molar-refractivity contribution in [2.45, 2.75) is 6.92 Å². The number of aryl methyl sites for hydroxylation is 1. The van der Waals surface area contributed by atoms with Crippen molar-refractivity contribution in [3.05, 3.63) is 54.4 Å². The number of benzene rings is 1. The van der Waals surface area contributed by atoms with Gasteiger partial charge in [-0.3, -0.25) is 4.98 Å². The standard InChI is InChI=1S/C15H13N3/c1-10-4-2-3-5-11(10)15-8-13(16)12-9-17-7-6-14(12)18-15/h2-9H,1H3,(H2,16,18). The lowest BCUT2D eigenvalue weighted by Gasteiger charge is -2.08. The zero-order valence-corrected chi connectivity index (χ0v) is 10.1. The SMILES string of the molecule is Cc1ccccc1-c1cc(N)c2cnccc2n1. The van der Waals surface area contributed by atoms with Gasteiger partial charge in [-0.15, -0.1) is 0 Å². The van der Waals surface area contributed by atoms with Crippen LogP contribution in [0.1, 0.15) is 5.56 Å². The monoisotopic (exact) mass is 235 g/mol. The molecule has 3 nitrogen and oxygen atoms in total. The Morgan fingerprint density at radius 2 is 1.94 bits per heavy atom. The smallest absolute Gasteiger partial charge is 0.0761 e. The molecule has 0 fully saturated rings. The number of anilines is 1. The molecule has 2 N–H and O–H groups in total. The Balaban J connectivity index is 2.28. The van der Waals surface area contributed by atoms with Gasteiger partial charge in [-0.25, -0.2) is 4.98 Å². The first-order valence-corrected chi connectivity index (χ1v) is 5.82. The average Bonchev–Trinajstić information content (AvgIpc) is 2.39. The van der Waals surface area contributed by atoms with Gasteiger partial charge in [0.25, 0.3) is 0 Å². The van der Waals surface area contributed by atoms with E-state index in [9.17, 15) is 0 Å². The average molecular weight is 235 g/mol. The second kappa shape index (κ2) is 4.11. The third kappa shape index (κ3) is 1.70. The van der Waals surface area contributed by atoms with Crippen LogP contribution in [0.3, 0.4) is 0 Å². The van der Waals surface area contributed by atoms with Crippen molar-refractivity contribution >= 4 is 16.6 Å². The molecule has 3 rings (SSSR count). The molecule has 3 aromatic rings. The second-order valence-corrected chi connectivity index (χ2v) is 4.30. The molecule has 0 atom stereocenters. The van der Waals surface area contributed by atoms with Gasteiger partial charge in [0.05, 0.1) is 11.2 Å². The Bertz CT molecular complexity index is 720. The summed E-state index contributed by atoms with van der Waals surface area (Å²) in [5, 5.41) is 0.898. The van der Waals surface area contributed by atoms with Crippen molar-refractivity contribution in [3.63, 3.8) is 0 Å². The molecular formula is C15H13N3. The number of hydrogen-bond acceptors (Lipinski definition) is 3. The summed E-state index contributed by atoms with van der Waals surface area (Å²) < 4.78 is 0. The van der Waals surface area contributed by atoms with E-state index in [-0.39, 0.29) is 0 Å². The largest absolute Gasteiger partial charge is 0.398 e. The van der Waals surface area contributed by atoms with E-state index in [1.807, 2.05) is 24.3 Å². The van der Waals surface area contributed by atoms with Crippen LogP contribution in [-0.2, 0) is 0 Å². The third-order valence-corrected chi connectivity index (χ3v) is 3.06. The molecule has 0 aliphatic carbocycles. The highest BCUT2D eigenvalue weighted by atomic mass is 14.7. The summed E-state index contributed by atoms with van der Waals surface area (Å²) in [4.78, 5) is 8.72.